The van der Waals surface area contributed by atoms with Crippen molar-refractivity contribution >= 4 is 29.5 Å². The fourth-order valence-electron chi connectivity index (χ4n) is 4.75. The summed E-state index contributed by atoms with van der Waals surface area (Å²) in [5.41, 5.74) is 22.8. The van der Waals surface area contributed by atoms with Gasteiger partial charge in [-0.15, -0.1) is 0 Å². The van der Waals surface area contributed by atoms with Crippen molar-refractivity contribution in [2.45, 2.75) is 32.7 Å². The SMILES string of the molecule is CCCOc1ccc(C=C2C=C3C(=Cc4cc(N)ccc43)C(=Cc3ccc(OCCC)cc3)C2N)cc1. The lowest BCUT2D eigenvalue weighted by molar-refractivity contribution is 0.317. The second kappa shape index (κ2) is 10.9. The zero-order valence-electron chi connectivity index (χ0n) is 21.5. The van der Waals surface area contributed by atoms with Gasteiger partial charge in [0.05, 0.1) is 19.3 Å². The van der Waals surface area contributed by atoms with Crippen LogP contribution < -0.4 is 20.9 Å². The number of anilines is 1. The average Bonchev–Trinajstić information content (AvgIpc) is 3.27. The number of allylic oxidation sites excluding steroid dienone is 1. The van der Waals surface area contributed by atoms with Crippen LogP contribution in [0.2, 0.25) is 0 Å². The first-order chi connectivity index (χ1) is 18.1. The molecule has 0 radical (unpaired) electrons. The largest absolute Gasteiger partial charge is 0.494 e. The quantitative estimate of drug-likeness (QED) is 0.329. The molecule has 0 saturated heterocycles. The van der Waals surface area contributed by atoms with Gasteiger partial charge in [-0.1, -0.05) is 44.2 Å². The molecule has 2 aliphatic rings. The second-order valence-corrected chi connectivity index (χ2v) is 9.52. The Morgan fingerprint density at radius 2 is 1.32 bits per heavy atom. The first-order valence-electron chi connectivity index (χ1n) is 13.0. The van der Waals surface area contributed by atoms with E-state index in [9.17, 15) is 0 Å². The molecular weight excluding hydrogens is 456 g/mol. The summed E-state index contributed by atoms with van der Waals surface area (Å²) in [7, 11) is 0. The number of nitrogen functional groups attached to an aromatic ring is 1. The number of hydrogen-bond donors (Lipinski definition) is 2. The average molecular weight is 491 g/mol. The van der Waals surface area contributed by atoms with Crippen LogP contribution in [0.3, 0.4) is 0 Å². The summed E-state index contributed by atoms with van der Waals surface area (Å²) in [6.07, 6.45) is 10.8. The predicted octanol–water partition coefficient (Wildman–Crippen LogP) is 7.13. The van der Waals surface area contributed by atoms with Crippen molar-refractivity contribution in [2.24, 2.45) is 5.73 Å². The number of benzene rings is 3. The smallest absolute Gasteiger partial charge is 0.119 e. The predicted molar refractivity (Wildman–Crippen MR) is 155 cm³/mol. The van der Waals surface area contributed by atoms with Gasteiger partial charge in [0.25, 0.3) is 0 Å². The summed E-state index contributed by atoms with van der Waals surface area (Å²) in [6.45, 7) is 5.65. The Balaban J connectivity index is 1.54. The van der Waals surface area contributed by atoms with Crippen LogP contribution in [0.1, 0.15) is 48.9 Å². The molecule has 0 spiro atoms. The molecule has 0 aliphatic heterocycles. The number of ether oxygens (including phenoxy) is 2. The van der Waals surface area contributed by atoms with E-state index < -0.39 is 0 Å². The molecule has 0 heterocycles. The Kier molecular flexibility index (Phi) is 7.29. The minimum atomic E-state index is -0.270. The van der Waals surface area contributed by atoms with Gasteiger partial charge in [-0.3, -0.25) is 0 Å². The Bertz CT molecular complexity index is 1390. The highest BCUT2D eigenvalue weighted by Gasteiger charge is 2.30. The van der Waals surface area contributed by atoms with Gasteiger partial charge < -0.3 is 20.9 Å². The highest BCUT2D eigenvalue weighted by Crippen LogP contribution is 2.46. The van der Waals surface area contributed by atoms with Crippen LogP contribution in [0.5, 0.6) is 11.5 Å². The molecule has 3 aromatic carbocycles. The van der Waals surface area contributed by atoms with E-state index >= 15 is 0 Å². The molecule has 0 fully saturated rings. The van der Waals surface area contributed by atoms with Crippen LogP contribution >= 0.6 is 0 Å². The van der Waals surface area contributed by atoms with Crippen LogP contribution in [0.4, 0.5) is 5.69 Å². The topological polar surface area (TPSA) is 70.5 Å². The zero-order valence-corrected chi connectivity index (χ0v) is 21.5. The lowest BCUT2D eigenvalue weighted by Crippen LogP contribution is -2.28. The van der Waals surface area contributed by atoms with Crippen LogP contribution in [-0.2, 0) is 0 Å². The maximum atomic E-state index is 6.93. The van der Waals surface area contributed by atoms with Crippen molar-refractivity contribution in [3.63, 3.8) is 0 Å². The third-order valence-electron chi connectivity index (χ3n) is 6.63. The zero-order chi connectivity index (χ0) is 25.8. The maximum absolute atomic E-state index is 6.93. The van der Waals surface area contributed by atoms with E-state index in [2.05, 4.69) is 68.5 Å². The molecule has 4 N–H and O–H groups in total. The van der Waals surface area contributed by atoms with Crippen LogP contribution in [-0.4, -0.2) is 19.3 Å². The van der Waals surface area contributed by atoms with Gasteiger partial charge in [-0.05, 0) is 118 Å². The Labute approximate surface area is 219 Å². The summed E-state index contributed by atoms with van der Waals surface area (Å²) in [6, 6.07) is 22.2. The third-order valence-corrected chi connectivity index (χ3v) is 6.63. The summed E-state index contributed by atoms with van der Waals surface area (Å²) in [5, 5.41) is 0. The molecule has 37 heavy (non-hydrogen) atoms. The Hall–Kier alpha value is -4.02. The van der Waals surface area contributed by atoms with Crippen LogP contribution in [0.15, 0.2) is 89.5 Å². The number of hydrogen-bond acceptors (Lipinski definition) is 4. The first-order valence-corrected chi connectivity index (χ1v) is 13.0. The molecule has 4 nitrogen and oxygen atoms in total. The van der Waals surface area contributed by atoms with Crippen molar-refractivity contribution in [1.82, 2.24) is 0 Å². The van der Waals surface area contributed by atoms with E-state index in [1.807, 2.05) is 36.4 Å². The van der Waals surface area contributed by atoms with Crippen molar-refractivity contribution in [1.29, 1.82) is 0 Å². The highest BCUT2D eigenvalue weighted by molar-refractivity contribution is 6.03. The van der Waals surface area contributed by atoms with E-state index in [4.69, 9.17) is 20.9 Å². The maximum Gasteiger partial charge on any atom is 0.119 e. The van der Waals surface area contributed by atoms with E-state index in [0.717, 1.165) is 70.0 Å². The monoisotopic (exact) mass is 490 g/mol. The molecule has 1 atom stereocenters. The van der Waals surface area contributed by atoms with Crippen LogP contribution in [0.25, 0.3) is 23.8 Å². The standard InChI is InChI=1S/C33H34N2O2/c1-3-15-36-27-10-5-22(6-11-27)17-25-21-30-29-14-9-26(34)19-24(29)20-31(30)32(33(25)35)18-23-7-12-28(13-8-23)37-16-4-2/h5-14,17-21,33H,3-4,15-16,34-35H2,1-2H3. The molecular formula is C33H34N2O2. The Morgan fingerprint density at radius 3 is 1.92 bits per heavy atom. The minimum Gasteiger partial charge on any atom is -0.494 e. The number of fused-ring (bicyclic) bond motifs is 3. The normalized spacial score (nSPS) is 18.3. The van der Waals surface area contributed by atoms with Gasteiger partial charge in [-0.2, -0.15) is 0 Å². The van der Waals surface area contributed by atoms with E-state index in [1.54, 1.807) is 0 Å². The molecule has 4 heteroatoms. The molecule has 2 aliphatic carbocycles. The van der Waals surface area contributed by atoms with Gasteiger partial charge in [0.1, 0.15) is 11.5 Å². The molecule has 0 amide bonds. The van der Waals surface area contributed by atoms with Crippen molar-refractivity contribution in [2.75, 3.05) is 18.9 Å². The molecule has 0 bridgehead atoms. The van der Waals surface area contributed by atoms with Gasteiger partial charge in [0, 0.05) is 5.69 Å². The van der Waals surface area contributed by atoms with Crippen molar-refractivity contribution < 1.29 is 9.47 Å². The summed E-state index contributed by atoms with van der Waals surface area (Å²) < 4.78 is 11.5. The van der Waals surface area contributed by atoms with Gasteiger partial charge in [0.2, 0.25) is 0 Å². The lowest BCUT2D eigenvalue weighted by Gasteiger charge is -2.26. The number of rotatable bonds is 8. The molecule has 0 aromatic heterocycles. The summed E-state index contributed by atoms with van der Waals surface area (Å²) >= 11 is 0. The van der Waals surface area contributed by atoms with Gasteiger partial charge in [0.15, 0.2) is 0 Å². The molecule has 188 valence electrons. The van der Waals surface area contributed by atoms with Crippen molar-refractivity contribution in [3.05, 3.63) is 112 Å². The molecule has 0 saturated carbocycles. The highest BCUT2D eigenvalue weighted by atomic mass is 16.5. The third kappa shape index (κ3) is 5.40. The van der Waals surface area contributed by atoms with Gasteiger partial charge >= 0.3 is 0 Å². The van der Waals surface area contributed by atoms with Crippen molar-refractivity contribution in [3.8, 4) is 11.5 Å². The van der Waals surface area contributed by atoms with Gasteiger partial charge in [-0.25, -0.2) is 0 Å². The van der Waals surface area contributed by atoms with E-state index in [-0.39, 0.29) is 6.04 Å². The van der Waals surface area contributed by atoms with Crippen LogP contribution in [0, 0.1) is 0 Å². The summed E-state index contributed by atoms with van der Waals surface area (Å²) in [5.74, 6) is 1.77. The fraction of sp³-hybridized carbons (Fsp3) is 0.212. The molecule has 5 rings (SSSR count). The summed E-state index contributed by atoms with van der Waals surface area (Å²) in [4.78, 5) is 0. The molecule has 1 unspecified atom stereocenters. The number of nitrogens with two attached hydrogens (primary N) is 2. The lowest BCUT2D eigenvalue weighted by atomic mass is 9.81. The first kappa shape index (κ1) is 24.7. The van der Waals surface area contributed by atoms with E-state index in [0.29, 0.717) is 6.61 Å². The fourth-order valence-corrected chi connectivity index (χ4v) is 4.75. The minimum absolute atomic E-state index is 0.270. The molecule has 3 aromatic rings. The second-order valence-electron chi connectivity index (χ2n) is 9.52. The van der Waals surface area contributed by atoms with E-state index in [1.165, 1.54) is 11.1 Å². The Morgan fingerprint density at radius 1 is 0.730 bits per heavy atom.